The highest BCUT2D eigenvalue weighted by Crippen LogP contribution is 2.61. The Morgan fingerprint density at radius 1 is 1.15 bits per heavy atom. The van der Waals surface area contributed by atoms with Crippen LogP contribution in [0.1, 0.15) is 57.3 Å². The summed E-state index contributed by atoms with van der Waals surface area (Å²) in [7, 11) is 0. The number of ketones is 1. The summed E-state index contributed by atoms with van der Waals surface area (Å²) in [5.74, 6) is -1.97. The lowest BCUT2D eigenvalue weighted by Crippen LogP contribution is -2.74. The first-order chi connectivity index (χ1) is 15.9. The van der Waals surface area contributed by atoms with Gasteiger partial charge >= 0.3 is 5.97 Å². The molecule has 0 radical (unpaired) electrons. The molecule has 0 amide bonds. The number of carbonyl (C=O) groups is 2. The van der Waals surface area contributed by atoms with Crippen LogP contribution in [0.4, 0.5) is 0 Å². The van der Waals surface area contributed by atoms with Gasteiger partial charge in [0.15, 0.2) is 5.78 Å². The Morgan fingerprint density at radius 2 is 1.82 bits per heavy atom. The van der Waals surface area contributed by atoms with E-state index in [4.69, 9.17) is 9.47 Å². The molecule has 7 nitrogen and oxygen atoms in total. The van der Waals surface area contributed by atoms with Crippen LogP contribution < -0.4 is 0 Å². The molecule has 0 aromatic heterocycles. The zero-order valence-corrected chi connectivity index (χ0v) is 20.2. The van der Waals surface area contributed by atoms with Crippen LogP contribution in [0.25, 0.3) is 0 Å². The average molecular weight is 471 g/mol. The Morgan fingerprint density at radius 3 is 2.44 bits per heavy atom. The highest BCUT2D eigenvalue weighted by atomic mass is 16.6. The normalized spacial score (nSPS) is 43.1. The Bertz CT molecular complexity index is 1050. The summed E-state index contributed by atoms with van der Waals surface area (Å²) >= 11 is 0. The van der Waals surface area contributed by atoms with Crippen molar-refractivity contribution >= 4 is 11.8 Å². The number of carbonyl (C=O) groups excluding carboxylic acids is 2. The molecule has 8 atom stereocenters. The number of hydrogen-bond acceptors (Lipinski definition) is 7. The summed E-state index contributed by atoms with van der Waals surface area (Å²) in [6, 6.07) is 8.58. The summed E-state index contributed by atoms with van der Waals surface area (Å²) in [4.78, 5) is 27.3. The molecular weight excluding hydrogens is 436 g/mol. The number of esters is 1. The summed E-state index contributed by atoms with van der Waals surface area (Å²) in [6.45, 7) is 7.48. The van der Waals surface area contributed by atoms with Gasteiger partial charge in [-0.3, -0.25) is 4.79 Å². The lowest BCUT2D eigenvalue weighted by molar-refractivity contribution is -0.274. The Balaban J connectivity index is 1.72. The first-order valence-corrected chi connectivity index (χ1v) is 12.1. The lowest BCUT2D eigenvalue weighted by Gasteiger charge is -2.64. The van der Waals surface area contributed by atoms with Crippen LogP contribution in [0.5, 0.6) is 0 Å². The van der Waals surface area contributed by atoms with Crippen molar-refractivity contribution in [1.82, 2.24) is 0 Å². The molecule has 0 unspecified atom stereocenters. The molecule has 0 spiro atoms. The molecule has 3 fully saturated rings. The fourth-order valence-corrected chi connectivity index (χ4v) is 7.24. The molecule has 5 rings (SSSR count). The first kappa shape index (κ1) is 23.7. The predicted octanol–water partition coefficient (Wildman–Crippen LogP) is 2.43. The second-order valence-electron chi connectivity index (χ2n) is 11.3. The highest BCUT2D eigenvalue weighted by Gasteiger charge is 2.71. The molecule has 1 heterocycles. The van der Waals surface area contributed by atoms with Crippen molar-refractivity contribution in [2.75, 3.05) is 6.61 Å². The molecule has 1 aromatic carbocycles. The van der Waals surface area contributed by atoms with Crippen molar-refractivity contribution in [3.05, 3.63) is 47.0 Å². The van der Waals surface area contributed by atoms with Crippen molar-refractivity contribution in [1.29, 1.82) is 0 Å². The minimum absolute atomic E-state index is 0.188. The summed E-state index contributed by atoms with van der Waals surface area (Å²) in [5, 5.41) is 35.1. The predicted molar refractivity (Wildman–Crippen MR) is 123 cm³/mol. The Labute approximate surface area is 199 Å². The standard InChI is InChI=1S/C27H34O7/c1-14-10-11-27(32)23(34-24(31)15-8-6-5-7-9-15)20-16-13-33-17(16)12-18(28)26(20,4)22(30)21(29)19(14)25(27,2)3/h5-9,16-18,20-21,23,28-29,32H,10-13H2,1-4H3/t16-,17-,18+,20+,21-,23+,26-,27-/m1/s1. The maximum absolute atomic E-state index is 14.0. The Hall–Kier alpha value is -2.06. The van der Waals surface area contributed by atoms with Crippen LogP contribution in [0.3, 0.4) is 0 Å². The van der Waals surface area contributed by atoms with Gasteiger partial charge in [0.1, 0.15) is 17.8 Å². The summed E-state index contributed by atoms with van der Waals surface area (Å²) in [5.41, 5.74) is -2.36. The second-order valence-corrected chi connectivity index (χ2v) is 11.3. The first-order valence-electron chi connectivity index (χ1n) is 12.1. The number of benzene rings is 1. The third kappa shape index (κ3) is 2.97. The molecular formula is C27H34O7. The topological polar surface area (TPSA) is 113 Å². The van der Waals surface area contributed by atoms with Crippen LogP contribution in [-0.4, -0.2) is 63.7 Å². The van der Waals surface area contributed by atoms with Gasteiger partial charge in [0, 0.05) is 23.7 Å². The number of rotatable bonds is 2. The fraction of sp³-hybridized carbons (Fsp3) is 0.630. The zero-order chi connectivity index (χ0) is 24.6. The van der Waals surface area contributed by atoms with E-state index in [0.29, 0.717) is 30.6 Å². The number of allylic oxidation sites excluding steroid dienone is 1. The van der Waals surface area contributed by atoms with E-state index in [-0.39, 0.29) is 18.4 Å². The van der Waals surface area contributed by atoms with E-state index < -0.39 is 52.4 Å². The van der Waals surface area contributed by atoms with E-state index in [2.05, 4.69) is 0 Å². The van der Waals surface area contributed by atoms with E-state index in [0.717, 1.165) is 5.57 Å². The molecule has 2 saturated carbocycles. The van der Waals surface area contributed by atoms with E-state index in [1.807, 2.05) is 20.8 Å². The second kappa shape index (κ2) is 7.72. The van der Waals surface area contributed by atoms with E-state index in [1.165, 1.54) is 0 Å². The van der Waals surface area contributed by atoms with Gasteiger partial charge in [0.25, 0.3) is 0 Å². The van der Waals surface area contributed by atoms with E-state index in [9.17, 15) is 24.9 Å². The molecule has 4 aliphatic rings. The smallest absolute Gasteiger partial charge is 0.338 e. The van der Waals surface area contributed by atoms with Crippen LogP contribution in [0.2, 0.25) is 0 Å². The van der Waals surface area contributed by atoms with Crippen molar-refractivity contribution in [3.63, 3.8) is 0 Å². The SMILES string of the molecule is CC1=C2[C@@H](O)C(=O)[C@@]3(C)[C@@H]([C@@H]4CO[C@@H]4C[C@@H]3O)[C@H](OC(=O)c3ccccc3)[C@](O)(CC1)C2(C)C. The van der Waals surface area contributed by atoms with Crippen LogP contribution in [-0.2, 0) is 14.3 Å². The number of aliphatic hydroxyl groups is 3. The van der Waals surface area contributed by atoms with Crippen LogP contribution >= 0.6 is 0 Å². The number of Topliss-reactive ketones (excluding diaryl/α,β-unsaturated/α-hetero) is 1. The van der Waals surface area contributed by atoms with E-state index in [1.54, 1.807) is 37.3 Å². The van der Waals surface area contributed by atoms with Gasteiger partial charge in [-0.05, 0) is 44.4 Å². The van der Waals surface area contributed by atoms with Gasteiger partial charge in [-0.1, -0.05) is 37.6 Å². The number of ether oxygens (including phenoxy) is 2. The fourth-order valence-electron chi connectivity index (χ4n) is 7.24. The van der Waals surface area contributed by atoms with Crippen molar-refractivity contribution in [3.8, 4) is 0 Å². The number of fused-ring (bicyclic) bond motifs is 5. The summed E-state index contributed by atoms with van der Waals surface area (Å²) in [6.07, 6.45) is -2.89. The minimum atomic E-state index is -1.56. The van der Waals surface area contributed by atoms with Crippen molar-refractivity contribution in [2.45, 2.75) is 77.0 Å². The Kier molecular flexibility index (Phi) is 5.37. The number of aliphatic hydroxyl groups excluding tert-OH is 2. The summed E-state index contributed by atoms with van der Waals surface area (Å²) < 4.78 is 11.9. The maximum Gasteiger partial charge on any atom is 0.338 e. The van der Waals surface area contributed by atoms with Gasteiger partial charge in [0.2, 0.25) is 0 Å². The average Bonchev–Trinajstić information content (AvgIpc) is 2.79. The van der Waals surface area contributed by atoms with E-state index >= 15 is 0 Å². The van der Waals surface area contributed by atoms with Gasteiger partial charge in [-0.15, -0.1) is 0 Å². The minimum Gasteiger partial charge on any atom is -0.455 e. The number of hydrogen-bond donors (Lipinski definition) is 3. The van der Waals surface area contributed by atoms with Crippen LogP contribution in [0, 0.1) is 22.7 Å². The largest absolute Gasteiger partial charge is 0.455 e. The third-order valence-electron chi connectivity index (χ3n) is 9.47. The van der Waals surface area contributed by atoms with Crippen LogP contribution in [0.15, 0.2) is 41.5 Å². The molecule has 184 valence electrons. The highest BCUT2D eigenvalue weighted by molar-refractivity contribution is 5.93. The van der Waals surface area contributed by atoms with Gasteiger partial charge < -0.3 is 24.8 Å². The molecule has 1 saturated heterocycles. The molecule has 7 heteroatoms. The lowest BCUT2D eigenvalue weighted by atomic mass is 9.46. The third-order valence-corrected chi connectivity index (χ3v) is 9.47. The molecule has 2 bridgehead atoms. The molecule has 1 aromatic rings. The monoisotopic (exact) mass is 470 g/mol. The van der Waals surface area contributed by atoms with Gasteiger partial charge in [-0.2, -0.15) is 0 Å². The molecule has 3 N–H and O–H groups in total. The van der Waals surface area contributed by atoms with Gasteiger partial charge in [-0.25, -0.2) is 4.79 Å². The zero-order valence-electron chi connectivity index (χ0n) is 20.2. The maximum atomic E-state index is 14.0. The van der Waals surface area contributed by atoms with Gasteiger partial charge in [0.05, 0.1) is 29.8 Å². The molecule has 3 aliphatic carbocycles. The molecule has 34 heavy (non-hydrogen) atoms. The van der Waals surface area contributed by atoms with Crippen molar-refractivity contribution in [2.24, 2.45) is 22.7 Å². The van der Waals surface area contributed by atoms with Crippen molar-refractivity contribution < 1.29 is 34.4 Å². The molecule has 1 aliphatic heterocycles. The quantitative estimate of drug-likeness (QED) is 0.449.